The average Bonchev–Trinajstić information content (AvgIpc) is 3.46. The van der Waals surface area contributed by atoms with Gasteiger partial charge < -0.3 is 14.6 Å². The van der Waals surface area contributed by atoms with Gasteiger partial charge in [0.05, 0.1) is 12.1 Å². The summed E-state index contributed by atoms with van der Waals surface area (Å²) < 4.78 is 7.50. The molecular formula is C40H69N3O3. The molecule has 0 spiro atoms. The number of hydrogen-bond donors (Lipinski definition) is 1. The molecule has 1 aromatic heterocycles. The number of ketones is 1. The Balaban J connectivity index is 0. The van der Waals surface area contributed by atoms with Crippen LogP contribution in [0.5, 0.6) is 0 Å². The first-order valence-electron chi connectivity index (χ1n) is 17.8. The lowest BCUT2D eigenvalue weighted by molar-refractivity contribution is -0.119. The zero-order valence-corrected chi connectivity index (χ0v) is 31.5. The number of benzene rings is 2. The van der Waals surface area contributed by atoms with Gasteiger partial charge in [-0.05, 0) is 94.1 Å². The Morgan fingerprint density at radius 2 is 1.35 bits per heavy atom. The van der Waals surface area contributed by atoms with Crippen molar-refractivity contribution in [2.75, 3.05) is 32.8 Å². The zero-order valence-electron chi connectivity index (χ0n) is 31.5. The summed E-state index contributed by atoms with van der Waals surface area (Å²) in [6, 6.07) is 16.7. The van der Waals surface area contributed by atoms with Crippen molar-refractivity contribution >= 4 is 22.6 Å². The summed E-state index contributed by atoms with van der Waals surface area (Å²) in [6.45, 7) is 28.5. The monoisotopic (exact) mass is 640 g/mol. The fourth-order valence-corrected chi connectivity index (χ4v) is 4.60. The van der Waals surface area contributed by atoms with Gasteiger partial charge in [0, 0.05) is 39.4 Å². The Kier molecular flexibility index (Phi) is 30.1. The number of fused-ring (bicyclic) bond motifs is 1. The highest BCUT2D eigenvalue weighted by atomic mass is 16.5. The maximum atomic E-state index is 10.8. The number of unbranched alkanes of at least 4 members (excludes halogenated alkanes) is 1. The van der Waals surface area contributed by atoms with Crippen LogP contribution in [0.3, 0.4) is 0 Å². The highest BCUT2D eigenvalue weighted by Gasteiger charge is 2.04. The number of amides is 1. The van der Waals surface area contributed by atoms with E-state index in [9.17, 15) is 9.59 Å². The van der Waals surface area contributed by atoms with Crippen molar-refractivity contribution in [2.24, 2.45) is 0 Å². The second kappa shape index (κ2) is 30.7. The molecule has 1 amide bonds. The Hall–Kier alpha value is -2.96. The molecule has 0 saturated carbocycles. The van der Waals surface area contributed by atoms with Crippen LogP contribution < -0.4 is 5.32 Å². The summed E-state index contributed by atoms with van der Waals surface area (Å²) in [4.78, 5) is 23.6. The lowest BCUT2D eigenvalue weighted by atomic mass is 10.1. The third-order valence-corrected chi connectivity index (χ3v) is 6.75. The highest BCUT2D eigenvalue weighted by molar-refractivity contribution is 5.83. The lowest BCUT2D eigenvalue weighted by Crippen LogP contribution is -2.30. The maximum absolute atomic E-state index is 10.8. The van der Waals surface area contributed by atoms with E-state index in [0.29, 0.717) is 13.1 Å². The van der Waals surface area contributed by atoms with Crippen LogP contribution in [0.15, 0.2) is 54.7 Å². The minimum Gasteiger partial charge on any atom is -0.381 e. The first-order valence-corrected chi connectivity index (χ1v) is 17.8. The molecule has 3 aromatic rings. The minimum absolute atomic E-state index is 0.0123. The van der Waals surface area contributed by atoms with E-state index in [-0.39, 0.29) is 11.7 Å². The number of Topliss-reactive ketones (excluding diaryl/α,β-unsaturated/α-hetero) is 1. The number of carbonyl (C=O) groups excluding carboxylic acids is 2. The number of aromatic nitrogens is 1. The van der Waals surface area contributed by atoms with Gasteiger partial charge in [0.15, 0.2) is 0 Å². The summed E-state index contributed by atoms with van der Waals surface area (Å²) in [6.07, 6.45) is 9.26. The Labute approximate surface area is 283 Å². The van der Waals surface area contributed by atoms with Crippen molar-refractivity contribution < 1.29 is 14.3 Å². The number of carbonyl (C=O) groups is 2. The van der Waals surface area contributed by atoms with Crippen LogP contribution in [0, 0.1) is 13.8 Å². The number of para-hydroxylation sites is 1. The van der Waals surface area contributed by atoms with E-state index in [1.54, 1.807) is 6.92 Å². The van der Waals surface area contributed by atoms with Gasteiger partial charge in [0.25, 0.3) is 0 Å². The van der Waals surface area contributed by atoms with Gasteiger partial charge in [-0.15, -0.1) is 0 Å². The van der Waals surface area contributed by atoms with Gasteiger partial charge in [0.2, 0.25) is 5.91 Å². The molecule has 46 heavy (non-hydrogen) atoms. The average molecular weight is 640 g/mol. The highest BCUT2D eigenvalue weighted by Crippen LogP contribution is 2.20. The quantitative estimate of drug-likeness (QED) is 0.168. The molecule has 6 nitrogen and oxygen atoms in total. The fourth-order valence-electron chi connectivity index (χ4n) is 4.60. The van der Waals surface area contributed by atoms with Crippen molar-refractivity contribution in [3.05, 3.63) is 71.4 Å². The number of aryl methyl sites for hydroxylation is 3. The number of nitrogens with zero attached hydrogens (tertiary/aromatic N) is 2. The molecule has 0 aliphatic rings. The van der Waals surface area contributed by atoms with Crippen LogP contribution in [-0.2, 0) is 27.4 Å². The number of ether oxygens (including phenoxy) is 1. The lowest BCUT2D eigenvalue weighted by Gasteiger charge is -2.18. The third kappa shape index (κ3) is 22.5. The molecule has 0 bridgehead atoms. The second-order valence-electron chi connectivity index (χ2n) is 11.3. The Morgan fingerprint density at radius 1 is 0.761 bits per heavy atom. The number of rotatable bonds is 15. The van der Waals surface area contributed by atoms with Gasteiger partial charge in [-0.25, -0.2) is 0 Å². The predicted octanol–water partition coefficient (Wildman–Crippen LogP) is 9.93. The number of nitrogens with one attached hydrogen (secondary N) is 1. The van der Waals surface area contributed by atoms with Crippen LogP contribution >= 0.6 is 0 Å². The minimum atomic E-state index is 0.0123. The molecule has 1 N–H and O–H groups in total. The second-order valence-corrected chi connectivity index (χ2v) is 11.3. The summed E-state index contributed by atoms with van der Waals surface area (Å²) in [5.41, 5.74) is 5.17. The van der Waals surface area contributed by atoms with E-state index >= 15 is 0 Å². The molecule has 0 fully saturated rings. The van der Waals surface area contributed by atoms with Crippen molar-refractivity contribution in [3.8, 4) is 0 Å². The van der Waals surface area contributed by atoms with E-state index in [2.05, 4.69) is 86.8 Å². The van der Waals surface area contributed by atoms with E-state index in [0.717, 1.165) is 58.5 Å². The van der Waals surface area contributed by atoms with E-state index in [1.807, 2.05) is 45.0 Å². The van der Waals surface area contributed by atoms with Gasteiger partial charge in [-0.1, -0.05) is 97.4 Å². The van der Waals surface area contributed by atoms with Crippen LogP contribution in [-0.4, -0.2) is 54.0 Å². The zero-order chi connectivity index (χ0) is 35.2. The predicted molar refractivity (Wildman–Crippen MR) is 201 cm³/mol. The largest absolute Gasteiger partial charge is 0.381 e. The smallest absolute Gasteiger partial charge is 0.217 e. The van der Waals surface area contributed by atoms with Crippen molar-refractivity contribution in [2.45, 2.75) is 128 Å². The molecular weight excluding hydrogens is 570 g/mol. The molecule has 6 heteroatoms. The SMILES string of the molecule is CC.CC(=O)NCc1ccccc1C.CCCCn1ccc2cccc(C)c21.CCCN(CCC)CC(C)=O.CCCOCCC. The van der Waals surface area contributed by atoms with E-state index in [1.165, 1.54) is 47.4 Å². The molecule has 1 heterocycles. The van der Waals surface area contributed by atoms with Crippen molar-refractivity contribution in [3.63, 3.8) is 0 Å². The summed E-state index contributed by atoms with van der Waals surface area (Å²) >= 11 is 0. The van der Waals surface area contributed by atoms with Crippen LogP contribution in [0.1, 0.15) is 118 Å². The molecule has 0 unspecified atom stereocenters. The summed E-state index contributed by atoms with van der Waals surface area (Å²) in [5, 5.41) is 4.13. The van der Waals surface area contributed by atoms with Crippen LogP contribution in [0.25, 0.3) is 10.9 Å². The summed E-state index contributed by atoms with van der Waals surface area (Å²) in [5.74, 6) is 0.283. The third-order valence-electron chi connectivity index (χ3n) is 6.75. The first-order chi connectivity index (χ1) is 22.1. The topological polar surface area (TPSA) is 63.6 Å². The van der Waals surface area contributed by atoms with Crippen molar-refractivity contribution in [1.29, 1.82) is 0 Å². The Bertz CT molecular complexity index is 1150. The molecule has 0 saturated heterocycles. The molecule has 3 rings (SSSR count). The number of hydrogen-bond acceptors (Lipinski definition) is 4. The molecule has 262 valence electrons. The first kappa shape index (κ1) is 45.2. The van der Waals surface area contributed by atoms with Gasteiger partial charge in [-0.3, -0.25) is 14.5 Å². The normalized spacial score (nSPS) is 9.91. The Morgan fingerprint density at radius 3 is 1.85 bits per heavy atom. The maximum Gasteiger partial charge on any atom is 0.217 e. The van der Waals surface area contributed by atoms with E-state index < -0.39 is 0 Å². The van der Waals surface area contributed by atoms with Gasteiger partial charge >= 0.3 is 0 Å². The molecule has 0 atom stereocenters. The van der Waals surface area contributed by atoms with Crippen LogP contribution in [0.4, 0.5) is 0 Å². The van der Waals surface area contributed by atoms with Crippen molar-refractivity contribution in [1.82, 2.24) is 14.8 Å². The fraction of sp³-hybridized carbons (Fsp3) is 0.600. The van der Waals surface area contributed by atoms with Gasteiger partial charge in [0.1, 0.15) is 5.78 Å². The molecule has 0 aliphatic heterocycles. The van der Waals surface area contributed by atoms with Crippen LogP contribution in [0.2, 0.25) is 0 Å². The van der Waals surface area contributed by atoms with Gasteiger partial charge in [-0.2, -0.15) is 0 Å². The molecule has 2 aromatic carbocycles. The molecule has 0 radical (unpaired) electrons. The van der Waals surface area contributed by atoms with E-state index in [4.69, 9.17) is 4.74 Å². The standard InChI is InChI=1S/C13H17N.C10H13NO.C9H19NO.C6H14O.C2H6/c1-3-4-9-14-10-8-12-7-5-6-11(2)13(12)14;1-8-5-3-4-6-10(8)7-11-9(2)12;1-4-6-10(7-5-2)8-9(3)11;1-3-5-7-6-4-2;1-2/h5-8,10H,3-4,9H2,1-2H3;3-6H,7H2,1-2H3,(H,11,12);4-8H2,1-3H3;3-6H2,1-2H3;1-2H3. The molecule has 0 aliphatic carbocycles. The summed E-state index contributed by atoms with van der Waals surface area (Å²) in [7, 11) is 0.